The maximum Gasteiger partial charge on any atom is 0.236 e. The lowest BCUT2D eigenvalue weighted by Gasteiger charge is -2.35. The molecule has 0 aromatic carbocycles. The normalized spacial score (nSPS) is 11.7. The minimum Gasteiger partial charge on any atom is -0.330 e. The molecule has 0 rings (SSSR count). The van der Waals surface area contributed by atoms with Gasteiger partial charge in [-0.2, -0.15) is 0 Å². The van der Waals surface area contributed by atoms with Crippen molar-refractivity contribution in [2.24, 2.45) is 23.3 Å². The van der Waals surface area contributed by atoms with Gasteiger partial charge >= 0.3 is 0 Å². The van der Waals surface area contributed by atoms with Crippen LogP contribution in [0.25, 0.3) is 0 Å². The molecule has 0 spiro atoms. The largest absolute Gasteiger partial charge is 0.330 e. The zero-order valence-corrected chi connectivity index (χ0v) is 20.8. The second-order valence-corrected chi connectivity index (χ2v) is 9.92. The SMILES string of the molecule is CC(C)CCCCCCN(N)C(=O)CCCCC(=O)N(N)C(C)(C)CCCCCCN. The van der Waals surface area contributed by atoms with Crippen LogP contribution in [-0.2, 0) is 9.59 Å². The van der Waals surface area contributed by atoms with Crippen LogP contribution in [0.5, 0.6) is 0 Å². The van der Waals surface area contributed by atoms with Crippen molar-refractivity contribution < 1.29 is 9.59 Å². The lowest BCUT2D eigenvalue weighted by atomic mass is 9.95. The van der Waals surface area contributed by atoms with Crippen molar-refractivity contribution in [2.45, 2.75) is 123 Å². The fourth-order valence-electron chi connectivity index (χ4n) is 3.64. The molecule has 0 aliphatic rings. The molecule has 7 heteroatoms. The van der Waals surface area contributed by atoms with Gasteiger partial charge in [0.25, 0.3) is 0 Å². The first-order chi connectivity index (χ1) is 14.6. The van der Waals surface area contributed by atoms with Crippen molar-refractivity contribution in [2.75, 3.05) is 13.1 Å². The molecule has 0 bridgehead atoms. The summed E-state index contributed by atoms with van der Waals surface area (Å²) < 4.78 is 0. The van der Waals surface area contributed by atoms with Crippen molar-refractivity contribution in [1.29, 1.82) is 0 Å². The van der Waals surface area contributed by atoms with E-state index in [0.29, 0.717) is 32.2 Å². The van der Waals surface area contributed by atoms with Gasteiger partial charge in [-0.15, -0.1) is 0 Å². The van der Waals surface area contributed by atoms with Gasteiger partial charge in [-0.05, 0) is 58.4 Å². The van der Waals surface area contributed by atoms with E-state index in [1.807, 2.05) is 13.8 Å². The molecule has 6 N–H and O–H groups in total. The molecule has 0 aliphatic carbocycles. The number of carbonyl (C=O) groups is 2. The number of nitrogens with zero attached hydrogens (tertiary/aromatic N) is 2. The van der Waals surface area contributed by atoms with Gasteiger partial charge in [0.1, 0.15) is 0 Å². The quantitative estimate of drug-likeness (QED) is 0.120. The Hall–Kier alpha value is -1.18. The summed E-state index contributed by atoms with van der Waals surface area (Å²) in [5.41, 5.74) is 5.16. The van der Waals surface area contributed by atoms with Crippen LogP contribution in [0.2, 0.25) is 0 Å². The van der Waals surface area contributed by atoms with Crippen LogP contribution in [0.3, 0.4) is 0 Å². The van der Waals surface area contributed by atoms with E-state index < -0.39 is 0 Å². The highest BCUT2D eigenvalue weighted by atomic mass is 16.2. The lowest BCUT2D eigenvalue weighted by molar-refractivity contribution is -0.138. The van der Waals surface area contributed by atoms with Crippen molar-refractivity contribution in [3.05, 3.63) is 0 Å². The predicted molar refractivity (Wildman–Crippen MR) is 130 cm³/mol. The minimum atomic E-state index is -0.362. The van der Waals surface area contributed by atoms with Crippen LogP contribution in [0.4, 0.5) is 0 Å². The van der Waals surface area contributed by atoms with Gasteiger partial charge in [-0.1, -0.05) is 58.8 Å². The van der Waals surface area contributed by atoms with E-state index in [4.69, 9.17) is 17.4 Å². The zero-order chi connectivity index (χ0) is 23.7. The number of unbranched alkanes of at least 4 members (excludes halogenated alkanes) is 7. The Morgan fingerprint density at radius 1 is 0.774 bits per heavy atom. The van der Waals surface area contributed by atoms with Crippen molar-refractivity contribution in [1.82, 2.24) is 10.0 Å². The molecule has 0 saturated carbocycles. The van der Waals surface area contributed by atoms with Crippen molar-refractivity contribution >= 4 is 11.8 Å². The van der Waals surface area contributed by atoms with Gasteiger partial charge in [-0.3, -0.25) is 19.6 Å². The number of nitrogens with two attached hydrogens (primary N) is 3. The highest BCUT2D eigenvalue weighted by Crippen LogP contribution is 2.21. The Morgan fingerprint density at radius 2 is 1.32 bits per heavy atom. The molecular weight excluding hydrogens is 390 g/mol. The predicted octanol–water partition coefficient (Wildman–Crippen LogP) is 4.25. The number of hydrogen-bond donors (Lipinski definition) is 3. The maximum atomic E-state index is 12.4. The molecule has 0 saturated heterocycles. The summed E-state index contributed by atoms with van der Waals surface area (Å²) in [6, 6.07) is 0. The molecule has 0 aliphatic heterocycles. The molecule has 0 heterocycles. The first-order valence-electron chi connectivity index (χ1n) is 12.4. The van der Waals surface area contributed by atoms with Crippen LogP contribution in [0, 0.1) is 5.92 Å². The fraction of sp³-hybridized carbons (Fsp3) is 0.917. The first-order valence-corrected chi connectivity index (χ1v) is 12.4. The third kappa shape index (κ3) is 15.3. The Morgan fingerprint density at radius 3 is 1.94 bits per heavy atom. The van der Waals surface area contributed by atoms with Crippen LogP contribution in [-0.4, -0.2) is 40.5 Å². The van der Waals surface area contributed by atoms with Gasteiger partial charge in [0.2, 0.25) is 11.8 Å². The molecule has 0 aromatic rings. The van der Waals surface area contributed by atoms with E-state index in [0.717, 1.165) is 57.4 Å². The molecular formula is C24H51N5O2. The summed E-state index contributed by atoms with van der Waals surface area (Å²) in [4.78, 5) is 24.6. The van der Waals surface area contributed by atoms with E-state index in [2.05, 4.69) is 13.8 Å². The second-order valence-electron chi connectivity index (χ2n) is 9.92. The van der Waals surface area contributed by atoms with E-state index >= 15 is 0 Å². The summed E-state index contributed by atoms with van der Waals surface area (Å²) in [6.07, 6.45) is 13.0. The van der Waals surface area contributed by atoms with Crippen LogP contribution in [0.15, 0.2) is 0 Å². The first kappa shape index (κ1) is 29.8. The molecule has 7 nitrogen and oxygen atoms in total. The van der Waals surface area contributed by atoms with Gasteiger partial charge < -0.3 is 5.73 Å². The Bertz CT molecular complexity index is 483. The van der Waals surface area contributed by atoms with Crippen LogP contribution >= 0.6 is 0 Å². The topological polar surface area (TPSA) is 119 Å². The average molecular weight is 442 g/mol. The summed E-state index contributed by atoms with van der Waals surface area (Å²) >= 11 is 0. The third-order valence-electron chi connectivity index (χ3n) is 5.95. The maximum absolute atomic E-state index is 12.4. The standard InChI is InChI=1S/C24H51N5O2/c1-21(2)15-9-5-8-14-20-28(26)22(30)16-10-11-17-23(31)29(27)24(3,4)18-12-6-7-13-19-25/h21H,5-20,25-27H2,1-4H3. The summed E-state index contributed by atoms with van der Waals surface area (Å²) in [5.74, 6) is 12.6. The number of rotatable bonds is 19. The van der Waals surface area contributed by atoms with Crippen molar-refractivity contribution in [3.63, 3.8) is 0 Å². The van der Waals surface area contributed by atoms with Gasteiger partial charge in [-0.25, -0.2) is 11.7 Å². The summed E-state index contributed by atoms with van der Waals surface area (Å²) in [6.45, 7) is 9.83. The Labute approximate surface area is 191 Å². The van der Waals surface area contributed by atoms with Crippen LogP contribution in [0.1, 0.15) is 118 Å². The molecule has 31 heavy (non-hydrogen) atoms. The van der Waals surface area contributed by atoms with E-state index in [1.54, 1.807) is 0 Å². The number of hydrazine groups is 2. The third-order valence-corrected chi connectivity index (χ3v) is 5.95. The lowest BCUT2D eigenvalue weighted by Crippen LogP contribution is -2.52. The summed E-state index contributed by atoms with van der Waals surface area (Å²) in [7, 11) is 0. The van der Waals surface area contributed by atoms with Crippen molar-refractivity contribution in [3.8, 4) is 0 Å². The van der Waals surface area contributed by atoms with Gasteiger partial charge in [0, 0.05) is 19.4 Å². The van der Waals surface area contributed by atoms with Gasteiger partial charge in [0.05, 0.1) is 5.54 Å². The average Bonchev–Trinajstić information content (AvgIpc) is 2.72. The van der Waals surface area contributed by atoms with E-state index in [-0.39, 0.29) is 17.4 Å². The van der Waals surface area contributed by atoms with E-state index in [9.17, 15) is 9.59 Å². The molecule has 0 radical (unpaired) electrons. The number of carbonyl (C=O) groups excluding carboxylic acids is 2. The minimum absolute atomic E-state index is 0.0444. The zero-order valence-electron chi connectivity index (χ0n) is 20.8. The molecule has 0 unspecified atom stereocenters. The monoisotopic (exact) mass is 441 g/mol. The van der Waals surface area contributed by atoms with Gasteiger partial charge in [0.15, 0.2) is 0 Å². The number of hydrogen-bond acceptors (Lipinski definition) is 5. The molecule has 184 valence electrons. The molecule has 0 aromatic heterocycles. The Kier molecular flexibility index (Phi) is 16.7. The fourth-order valence-corrected chi connectivity index (χ4v) is 3.64. The van der Waals surface area contributed by atoms with Crippen LogP contribution < -0.4 is 17.4 Å². The highest BCUT2D eigenvalue weighted by molar-refractivity contribution is 5.77. The van der Waals surface area contributed by atoms with E-state index in [1.165, 1.54) is 29.3 Å². The molecule has 2 amide bonds. The molecule has 0 fully saturated rings. The summed E-state index contributed by atoms with van der Waals surface area (Å²) in [5, 5.41) is 2.72. The Balaban J connectivity index is 3.95. The second kappa shape index (κ2) is 17.4. The molecule has 0 atom stereocenters. The number of amides is 2. The highest BCUT2D eigenvalue weighted by Gasteiger charge is 2.27. The smallest absolute Gasteiger partial charge is 0.236 e.